The minimum Gasteiger partial charge on any atom is -0.488 e. The highest BCUT2D eigenvalue weighted by Gasteiger charge is 2.12. The number of nitrogens with two attached hydrogens (primary N) is 2. The zero-order valence-corrected chi connectivity index (χ0v) is 11.4. The van der Waals surface area contributed by atoms with Gasteiger partial charge in [-0.05, 0) is 24.5 Å². The normalized spacial score (nSPS) is 11.1. The van der Waals surface area contributed by atoms with E-state index in [-0.39, 0.29) is 23.9 Å². The second-order valence-corrected chi connectivity index (χ2v) is 4.61. The van der Waals surface area contributed by atoms with Crippen molar-refractivity contribution in [3.63, 3.8) is 0 Å². The first-order valence-electron chi connectivity index (χ1n) is 6.14. The van der Waals surface area contributed by atoms with Gasteiger partial charge in [-0.1, -0.05) is 13.8 Å². The van der Waals surface area contributed by atoms with Crippen molar-refractivity contribution >= 4 is 12.2 Å². The van der Waals surface area contributed by atoms with Crippen LogP contribution in [0.3, 0.4) is 0 Å². The quantitative estimate of drug-likeness (QED) is 0.476. The maximum absolute atomic E-state index is 13.7. The van der Waals surface area contributed by atoms with Crippen molar-refractivity contribution in [2.75, 3.05) is 6.61 Å². The maximum atomic E-state index is 13.7. The Hall–Kier alpha value is -2.18. The van der Waals surface area contributed by atoms with Crippen LogP contribution in [0.2, 0.25) is 0 Å². The van der Waals surface area contributed by atoms with Crippen molar-refractivity contribution in [2.45, 2.75) is 20.3 Å². The van der Waals surface area contributed by atoms with Gasteiger partial charge < -0.3 is 16.2 Å². The molecule has 0 saturated carbocycles. The second-order valence-electron chi connectivity index (χ2n) is 4.61. The highest BCUT2D eigenvalue weighted by molar-refractivity contribution is 5.81. The summed E-state index contributed by atoms with van der Waals surface area (Å²) in [5, 5.41) is 6.81. The summed E-state index contributed by atoms with van der Waals surface area (Å²) in [7, 11) is 0. The van der Waals surface area contributed by atoms with E-state index in [1.165, 1.54) is 0 Å². The summed E-state index contributed by atoms with van der Waals surface area (Å²) in [5.74, 6) is -1.81. The molecule has 1 aromatic rings. The van der Waals surface area contributed by atoms with Gasteiger partial charge in [0.1, 0.15) is 0 Å². The minimum absolute atomic E-state index is 0.196. The molecule has 1 aromatic carbocycles. The van der Waals surface area contributed by atoms with Crippen molar-refractivity contribution in [3.8, 4) is 5.75 Å². The molecular weight excluding hydrogens is 266 g/mol. The zero-order valence-electron chi connectivity index (χ0n) is 11.4. The van der Waals surface area contributed by atoms with Crippen molar-refractivity contribution in [2.24, 2.45) is 27.6 Å². The minimum atomic E-state index is -0.792. The number of benzene rings is 1. The second kappa shape index (κ2) is 7.42. The molecule has 0 bridgehead atoms. The molecule has 0 aliphatic rings. The molecule has 0 unspecified atom stereocenters. The van der Waals surface area contributed by atoms with Gasteiger partial charge in [-0.3, -0.25) is 0 Å². The van der Waals surface area contributed by atoms with Crippen molar-refractivity contribution < 1.29 is 13.5 Å². The number of hydrogen-bond acceptors (Lipinski definition) is 3. The molecule has 20 heavy (non-hydrogen) atoms. The molecule has 0 aliphatic carbocycles. The fourth-order valence-electron chi connectivity index (χ4n) is 1.35. The van der Waals surface area contributed by atoms with Crippen LogP contribution in [-0.4, -0.2) is 18.8 Å². The van der Waals surface area contributed by atoms with Gasteiger partial charge in [0.2, 0.25) is 5.96 Å². The molecule has 0 atom stereocenters. The van der Waals surface area contributed by atoms with Crippen molar-refractivity contribution in [1.82, 2.24) is 0 Å². The van der Waals surface area contributed by atoms with Gasteiger partial charge in [0.25, 0.3) is 0 Å². The fraction of sp³-hybridized carbons (Fsp3) is 0.385. The predicted molar refractivity (Wildman–Crippen MR) is 74.7 cm³/mol. The Morgan fingerprint density at radius 1 is 1.30 bits per heavy atom. The van der Waals surface area contributed by atoms with Crippen LogP contribution in [0.4, 0.5) is 8.78 Å². The van der Waals surface area contributed by atoms with Gasteiger partial charge in [0.05, 0.1) is 12.8 Å². The van der Waals surface area contributed by atoms with E-state index < -0.39 is 11.6 Å². The molecule has 1 rings (SSSR count). The van der Waals surface area contributed by atoms with Gasteiger partial charge >= 0.3 is 0 Å². The average molecular weight is 284 g/mol. The fourth-order valence-corrected chi connectivity index (χ4v) is 1.35. The van der Waals surface area contributed by atoms with E-state index in [0.717, 1.165) is 18.3 Å². The monoisotopic (exact) mass is 284 g/mol. The van der Waals surface area contributed by atoms with Gasteiger partial charge in [0, 0.05) is 5.56 Å². The summed E-state index contributed by atoms with van der Waals surface area (Å²) >= 11 is 0. The van der Waals surface area contributed by atoms with Crippen LogP contribution in [0.1, 0.15) is 25.8 Å². The topological polar surface area (TPSA) is 86.0 Å². The predicted octanol–water partition coefficient (Wildman–Crippen LogP) is 2.00. The number of ether oxygens (including phenoxy) is 1. The maximum Gasteiger partial charge on any atom is 0.211 e. The molecule has 0 heterocycles. The van der Waals surface area contributed by atoms with Gasteiger partial charge in [-0.2, -0.15) is 5.10 Å². The Kier molecular flexibility index (Phi) is 5.89. The highest BCUT2D eigenvalue weighted by atomic mass is 19.1. The van der Waals surface area contributed by atoms with E-state index in [0.29, 0.717) is 12.3 Å². The lowest BCUT2D eigenvalue weighted by Gasteiger charge is -2.10. The van der Waals surface area contributed by atoms with E-state index >= 15 is 0 Å². The van der Waals surface area contributed by atoms with E-state index in [1.54, 1.807) is 0 Å². The summed E-state index contributed by atoms with van der Waals surface area (Å²) in [6.45, 7) is 4.26. The first kappa shape index (κ1) is 15.9. The Balaban J connectivity index is 2.81. The molecule has 0 spiro atoms. The first-order chi connectivity index (χ1) is 9.40. The van der Waals surface area contributed by atoms with Gasteiger partial charge in [-0.15, -0.1) is 5.10 Å². The summed E-state index contributed by atoms with van der Waals surface area (Å²) < 4.78 is 32.5. The lowest BCUT2D eigenvalue weighted by atomic mass is 10.1. The molecule has 0 amide bonds. The summed E-state index contributed by atoms with van der Waals surface area (Å²) in [6, 6.07) is 2.19. The third kappa shape index (κ3) is 5.21. The zero-order chi connectivity index (χ0) is 15.1. The third-order valence-corrected chi connectivity index (χ3v) is 2.34. The molecule has 0 fully saturated rings. The van der Waals surface area contributed by atoms with Crippen LogP contribution < -0.4 is 16.2 Å². The van der Waals surface area contributed by atoms with Crippen LogP contribution in [0.25, 0.3) is 0 Å². The Morgan fingerprint density at radius 3 is 2.40 bits per heavy atom. The number of rotatable bonds is 6. The number of hydrogen-bond donors (Lipinski definition) is 2. The molecule has 4 N–H and O–H groups in total. The van der Waals surface area contributed by atoms with Crippen LogP contribution >= 0.6 is 0 Å². The number of halogens is 2. The molecule has 110 valence electrons. The largest absolute Gasteiger partial charge is 0.488 e. The molecular formula is C13H18F2N4O. The summed E-state index contributed by atoms with van der Waals surface area (Å²) in [6.07, 6.45) is 1.86. The Bertz CT molecular complexity index is 488. The average Bonchev–Trinajstić information content (AvgIpc) is 2.32. The third-order valence-electron chi connectivity index (χ3n) is 2.34. The molecule has 0 saturated heterocycles. The SMILES string of the molecule is CC(C)CCOc1c(F)cc(C=NN=C(N)N)cc1F. The summed E-state index contributed by atoms with van der Waals surface area (Å²) in [5.41, 5.74) is 10.3. The number of nitrogens with zero attached hydrogens (tertiary/aromatic N) is 2. The molecule has 0 radical (unpaired) electrons. The highest BCUT2D eigenvalue weighted by Crippen LogP contribution is 2.23. The number of guanidine groups is 1. The van der Waals surface area contributed by atoms with Crippen LogP contribution in [0.5, 0.6) is 5.75 Å². The standard InChI is InChI=1S/C13H18F2N4O/c1-8(2)3-4-20-12-10(14)5-9(6-11(12)15)7-18-19-13(16)17/h5-8H,3-4H2,1-2H3,(H4,16,17,19). The Morgan fingerprint density at radius 2 is 1.90 bits per heavy atom. The van der Waals surface area contributed by atoms with E-state index in [9.17, 15) is 8.78 Å². The first-order valence-corrected chi connectivity index (χ1v) is 6.14. The van der Waals surface area contributed by atoms with E-state index in [4.69, 9.17) is 16.2 Å². The van der Waals surface area contributed by atoms with Crippen LogP contribution in [0.15, 0.2) is 22.3 Å². The van der Waals surface area contributed by atoms with Crippen LogP contribution in [0, 0.1) is 17.6 Å². The summed E-state index contributed by atoms with van der Waals surface area (Å²) in [4.78, 5) is 0. The lowest BCUT2D eigenvalue weighted by molar-refractivity contribution is 0.263. The molecule has 7 heteroatoms. The van der Waals surface area contributed by atoms with E-state index in [1.807, 2.05) is 13.8 Å². The van der Waals surface area contributed by atoms with Crippen molar-refractivity contribution in [3.05, 3.63) is 29.3 Å². The molecule has 0 aliphatic heterocycles. The lowest BCUT2D eigenvalue weighted by Crippen LogP contribution is -2.21. The smallest absolute Gasteiger partial charge is 0.211 e. The van der Waals surface area contributed by atoms with Gasteiger partial charge in [-0.25, -0.2) is 8.78 Å². The van der Waals surface area contributed by atoms with Crippen LogP contribution in [-0.2, 0) is 0 Å². The van der Waals surface area contributed by atoms with Gasteiger partial charge in [0.15, 0.2) is 17.4 Å². The molecule has 0 aromatic heterocycles. The van der Waals surface area contributed by atoms with Crippen molar-refractivity contribution in [1.29, 1.82) is 0 Å². The van der Waals surface area contributed by atoms with E-state index in [2.05, 4.69) is 10.2 Å². The Labute approximate surface area is 116 Å². The molecule has 5 nitrogen and oxygen atoms in total.